The fourth-order valence-corrected chi connectivity index (χ4v) is 2.43. The summed E-state index contributed by atoms with van der Waals surface area (Å²) in [5.74, 6) is 0.503. The highest BCUT2D eigenvalue weighted by atomic mass is 79.9. The standard InChI is InChI=1S/C14H21BrFN/c1-4-11(3)10-17(5-2)14-8-6-7-13(16)12(14)9-15/h6-8,11H,4-5,9-10H2,1-3H3. The van der Waals surface area contributed by atoms with Crippen molar-refractivity contribution in [3.8, 4) is 0 Å². The highest BCUT2D eigenvalue weighted by Gasteiger charge is 2.14. The van der Waals surface area contributed by atoms with E-state index in [0.29, 0.717) is 11.2 Å². The number of benzene rings is 1. The van der Waals surface area contributed by atoms with Gasteiger partial charge in [-0.25, -0.2) is 4.39 Å². The molecule has 0 spiro atoms. The van der Waals surface area contributed by atoms with Crippen LogP contribution in [0.2, 0.25) is 0 Å². The first-order valence-electron chi connectivity index (χ1n) is 6.22. The summed E-state index contributed by atoms with van der Waals surface area (Å²) >= 11 is 3.37. The van der Waals surface area contributed by atoms with Crippen LogP contribution in [0.3, 0.4) is 0 Å². The maximum absolute atomic E-state index is 13.7. The summed E-state index contributed by atoms with van der Waals surface area (Å²) in [5.41, 5.74) is 1.78. The Hall–Kier alpha value is -0.570. The molecule has 0 bridgehead atoms. The molecule has 0 radical (unpaired) electrons. The van der Waals surface area contributed by atoms with Crippen molar-refractivity contribution in [3.63, 3.8) is 0 Å². The zero-order chi connectivity index (χ0) is 12.8. The second kappa shape index (κ2) is 7.00. The zero-order valence-corrected chi connectivity index (χ0v) is 12.4. The van der Waals surface area contributed by atoms with Crippen molar-refractivity contribution >= 4 is 21.6 Å². The fourth-order valence-electron chi connectivity index (χ4n) is 1.88. The molecule has 0 saturated heterocycles. The third-order valence-corrected chi connectivity index (χ3v) is 3.74. The molecule has 0 fully saturated rings. The first-order chi connectivity index (χ1) is 8.13. The van der Waals surface area contributed by atoms with E-state index in [2.05, 4.69) is 41.6 Å². The number of anilines is 1. The van der Waals surface area contributed by atoms with E-state index in [0.717, 1.165) is 30.8 Å². The van der Waals surface area contributed by atoms with E-state index in [1.807, 2.05) is 6.07 Å². The van der Waals surface area contributed by atoms with Gasteiger partial charge in [0, 0.05) is 29.7 Å². The van der Waals surface area contributed by atoms with Crippen LogP contribution in [0.1, 0.15) is 32.8 Å². The first kappa shape index (κ1) is 14.5. The molecule has 17 heavy (non-hydrogen) atoms. The van der Waals surface area contributed by atoms with E-state index in [1.165, 1.54) is 6.07 Å². The molecule has 0 aliphatic rings. The van der Waals surface area contributed by atoms with Crippen LogP contribution in [-0.4, -0.2) is 13.1 Å². The van der Waals surface area contributed by atoms with Gasteiger partial charge in [-0.05, 0) is 25.0 Å². The molecule has 1 aromatic carbocycles. The van der Waals surface area contributed by atoms with Gasteiger partial charge in [-0.1, -0.05) is 42.3 Å². The largest absolute Gasteiger partial charge is 0.371 e. The van der Waals surface area contributed by atoms with Crippen molar-refractivity contribution in [1.29, 1.82) is 0 Å². The maximum Gasteiger partial charge on any atom is 0.129 e. The quantitative estimate of drug-likeness (QED) is 0.695. The van der Waals surface area contributed by atoms with Crippen LogP contribution >= 0.6 is 15.9 Å². The molecule has 96 valence electrons. The van der Waals surface area contributed by atoms with Gasteiger partial charge in [-0.15, -0.1) is 0 Å². The summed E-state index contributed by atoms with van der Waals surface area (Å²) in [5, 5.41) is 0.562. The molecular formula is C14H21BrFN. The topological polar surface area (TPSA) is 3.24 Å². The lowest BCUT2D eigenvalue weighted by Gasteiger charge is -2.28. The van der Waals surface area contributed by atoms with E-state index >= 15 is 0 Å². The summed E-state index contributed by atoms with van der Waals surface area (Å²) in [6, 6.07) is 5.32. The van der Waals surface area contributed by atoms with Gasteiger partial charge >= 0.3 is 0 Å². The minimum absolute atomic E-state index is 0.123. The first-order valence-corrected chi connectivity index (χ1v) is 7.34. The van der Waals surface area contributed by atoms with Gasteiger partial charge in [0.1, 0.15) is 5.82 Å². The summed E-state index contributed by atoms with van der Waals surface area (Å²) < 4.78 is 13.7. The third-order valence-electron chi connectivity index (χ3n) is 3.18. The monoisotopic (exact) mass is 301 g/mol. The second-order valence-corrected chi connectivity index (χ2v) is 4.98. The summed E-state index contributed by atoms with van der Waals surface area (Å²) in [4.78, 5) is 2.26. The summed E-state index contributed by atoms with van der Waals surface area (Å²) in [6.07, 6.45) is 1.15. The molecule has 0 aromatic heterocycles. The molecule has 0 heterocycles. The average molecular weight is 302 g/mol. The lowest BCUT2D eigenvalue weighted by molar-refractivity contribution is 0.545. The smallest absolute Gasteiger partial charge is 0.129 e. The lowest BCUT2D eigenvalue weighted by atomic mass is 10.1. The number of hydrogen-bond acceptors (Lipinski definition) is 1. The highest BCUT2D eigenvalue weighted by Crippen LogP contribution is 2.26. The Balaban J connectivity index is 2.98. The predicted octanol–water partition coefficient (Wildman–Crippen LogP) is 4.59. The molecule has 0 N–H and O–H groups in total. The van der Waals surface area contributed by atoms with E-state index in [-0.39, 0.29) is 5.82 Å². The Bertz CT molecular complexity index is 354. The zero-order valence-electron chi connectivity index (χ0n) is 10.8. The van der Waals surface area contributed by atoms with Crippen molar-refractivity contribution < 1.29 is 4.39 Å². The Labute approximate surface area is 112 Å². The predicted molar refractivity (Wildman–Crippen MR) is 76.4 cm³/mol. The van der Waals surface area contributed by atoms with Crippen LogP contribution in [0.25, 0.3) is 0 Å². The molecule has 1 atom stereocenters. The fraction of sp³-hybridized carbons (Fsp3) is 0.571. The molecule has 0 aliphatic heterocycles. The van der Waals surface area contributed by atoms with E-state index in [9.17, 15) is 4.39 Å². The molecule has 3 heteroatoms. The van der Waals surface area contributed by atoms with Crippen LogP contribution in [0.15, 0.2) is 18.2 Å². The minimum Gasteiger partial charge on any atom is -0.371 e. The number of alkyl halides is 1. The Morgan fingerprint density at radius 3 is 2.59 bits per heavy atom. The molecule has 0 saturated carbocycles. The molecule has 0 amide bonds. The van der Waals surface area contributed by atoms with Crippen LogP contribution in [0.5, 0.6) is 0 Å². The third kappa shape index (κ3) is 3.70. The van der Waals surface area contributed by atoms with E-state index in [1.54, 1.807) is 6.07 Å². The number of nitrogens with zero attached hydrogens (tertiary/aromatic N) is 1. The van der Waals surface area contributed by atoms with Crippen LogP contribution in [0, 0.1) is 11.7 Å². The van der Waals surface area contributed by atoms with Gasteiger partial charge in [0.05, 0.1) is 0 Å². The van der Waals surface area contributed by atoms with Gasteiger partial charge in [0.2, 0.25) is 0 Å². The maximum atomic E-state index is 13.7. The van der Waals surface area contributed by atoms with Crippen LogP contribution < -0.4 is 4.90 Å². The average Bonchev–Trinajstić information content (AvgIpc) is 2.35. The summed E-state index contributed by atoms with van der Waals surface area (Å²) in [6.45, 7) is 8.43. The molecule has 1 unspecified atom stereocenters. The van der Waals surface area contributed by atoms with Crippen molar-refractivity contribution in [1.82, 2.24) is 0 Å². The Morgan fingerprint density at radius 1 is 1.35 bits per heavy atom. The van der Waals surface area contributed by atoms with E-state index < -0.39 is 0 Å². The Kier molecular flexibility index (Phi) is 5.96. The minimum atomic E-state index is -0.123. The Morgan fingerprint density at radius 2 is 2.06 bits per heavy atom. The number of rotatable bonds is 6. The van der Waals surface area contributed by atoms with Crippen molar-refractivity contribution in [2.24, 2.45) is 5.92 Å². The van der Waals surface area contributed by atoms with Crippen molar-refractivity contribution in [2.45, 2.75) is 32.5 Å². The highest BCUT2D eigenvalue weighted by molar-refractivity contribution is 9.08. The summed E-state index contributed by atoms with van der Waals surface area (Å²) in [7, 11) is 0. The lowest BCUT2D eigenvalue weighted by Crippen LogP contribution is -2.29. The van der Waals surface area contributed by atoms with Crippen LogP contribution in [-0.2, 0) is 5.33 Å². The number of hydrogen-bond donors (Lipinski definition) is 0. The van der Waals surface area contributed by atoms with Gasteiger partial charge < -0.3 is 4.90 Å². The molecule has 1 aromatic rings. The number of halogens is 2. The van der Waals surface area contributed by atoms with Crippen LogP contribution in [0.4, 0.5) is 10.1 Å². The second-order valence-electron chi connectivity index (χ2n) is 4.42. The van der Waals surface area contributed by atoms with Gasteiger partial charge in [-0.3, -0.25) is 0 Å². The molecule has 0 aliphatic carbocycles. The molecular weight excluding hydrogens is 281 g/mol. The normalized spacial score (nSPS) is 12.5. The van der Waals surface area contributed by atoms with Crippen molar-refractivity contribution in [3.05, 3.63) is 29.6 Å². The van der Waals surface area contributed by atoms with Gasteiger partial charge in [0.15, 0.2) is 0 Å². The SMILES string of the molecule is CCC(C)CN(CC)c1cccc(F)c1CBr. The van der Waals surface area contributed by atoms with Gasteiger partial charge in [-0.2, -0.15) is 0 Å². The van der Waals surface area contributed by atoms with E-state index in [4.69, 9.17) is 0 Å². The molecule has 1 rings (SSSR count). The van der Waals surface area contributed by atoms with Gasteiger partial charge in [0.25, 0.3) is 0 Å². The molecule has 1 nitrogen and oxygen atoms in total. The van der Waals surface area contributed by atoms with Crippen molar-refractivity contribution in [2.75, 3.05) is 18.0 Å².